The van der Waals surface area contributed by atoms with Gasteiger partial charge in [0.1, 0.15) is 0 Å². The smallest absolute Gasteiger partial charge is 0.238 e. The monoisotopic (exact) mass is 363 g/mol. The van der Waals surface area contributed by atoms with Gasteiger partial charge in [0.05, 0.1) is 12.0 Å². The molecule has 0 saturated heterocycles. The molecule has 1 N–H and O–H groups in total. The number of nitrogens with one attached hydrogen (secondary N) is 1. The average molecular weight is 363 g/mol. The summed E-state index contributed by atoms with van der Waals surface area (Å²) >= 11 is 0. The largest absolute Gasteiger partial charge is 0.461 e. The third-order valence-corrected chi connectivity index (χ3v) is 3.97. The Morgan fingerprint density at radius 3 is 2.78 bits per heavy atom. The number of aromatic nitrogens is 4. The summed E-state index contributed by atoms with van der Waals surface area (Å²) in [4.78, 5) is 16.3. The Hall–Kier alpha value is -3.68. The lowest BCUT2D eigenvalue weighted by Crippen LogP contribution is -2.23. The summed E-state index contributed by atoms with van der Waals surface area (Å²) in [5.74, 6) is 1.24. The van der Waals surface area contributed by atoms with Crippen LogP contribution in [0.4, 0.5) is 0 Å². The van der Waals surface area contributed by atoms with Crippen molar-refractivity contribution >= 4 is 5.91 Å². The van der Waals surface area contributed by atoms with E-state index in [9.17, 15) is 4.79 Å². The quantitative estimate of drug-likeness (QED) is 0.542. The van der Waals surface area contributed by atoms with Gasteiger partial charge in [0.2, 0.25) is 17.6 Å². The molecule has 0 fully saturated rings. The molecule has 0 saturated carbocycles. The zero-order chi connectivity index (χ0) is 18.5. The van der Waals surface area contributed by atoms with Gasteiger partial charge >= 0.3 is 0 Å². The Balaban J connectivity index is 1.25. The lowest BCUT2D eigenvalue weighted by atomic mass is 10.2. The molecule has 8 heteroatoms. The van der Waals surface area contributed by atoms with Crippen LogP contribution in [0.25, 0.3) is 17.3 Å². The van der Waals surface area contributed by atoms with Crippen LogP contribution >= 0.6 is 0 Å². The maximum Gasteiger partial charge on any atom is 0.238 e. The third-order valence-electron chi connectivity index (χ3n) is 3.97. The Bertz CT molecular complexity index is 989. The molecule has 1 amide bonds. The molecule has 0 aliphatic heterocycles. The number of nitrogens with zero attached hydrogens (tertiary/aromatic N) is 4. The van der Waals surface area contributed by atoms with Gasteiger partial charge in [-0.25, -0.2) is 4.68 Å². The van der Waals surface area contributed by atoms with E-state index in [1.54, 1.807) is 29.3 Å². The third kappa shape index (κ3) is 4.12. The number of aryl methyl sites for hydroxylation is 1. The molecule has 8 nitrogen and oxygen atoms in total. The molecule has 0 aliphatic rings. The summed E-state index contributed by atoms with van der Waals surface area (Å²) in [7, 11) is 0. The van der Waals surface area contributed by atoms with Gasteiger partial charge in [0.25, 0.3) is 0 Å². The van der Waals surface area contributed by atoms with Crippen molar-refractivity contribution in [1.29, 1.82) is 0 Å². The molecule has 1 aromatic carbocycles. The van der Waals surface area contributed by atoms with Gasteiger partial charge in [-0.2, -0.15) is 10.1 Å². The maximum absolute atomic E-state index is 12.0. The van der Waals surface area contributed by atoms with Crippen molar-refractivity contribution in [3.05, 3.63) is 72.6 Å². The molecular formula is C19H17N5O3. The second-order valence-electron chi connectivity index (χ2n) is 5.88. The summed E-state index contributed by atoms with van der Waals surface area (Å²) in [5.41, 5.74) is 1.98. The van der Waals surface area contributed by atoms with E-state index in [-0.39, 0.29) is 12.3 Å². The number of hydrogen-bond donors (Lipinski definition) is 1. The van der Waals surface area contributed by atoms with E-state index in [0.717, 1.165) is 11.3 Å². The maximum atomic E-state index is 12.0. The summed E-state index contributed by atoms with van der Waals surface area (Å²) in [6.45, 7) is 0.458. The van der Waals surface area contributed by atoms with Gasteiger partial charge < -0.3 is 14.3 Å². The van der Waals surface area contributed by atoms with Crippen LogP contribution in [0.3, 0.4) is 0 Å². The first-order chi connectivity index (χ1) is 13.3. The highest BCUT2D eigenvalue weighted by Gasteiger charge is 2.12. The van der Waals surface area contributed by atoms with E-state index in [2.05, 4.69) is 20.6 Å². The molecule has 0 aliphatic carbocycles. The highest BCUT2D eigenvalue weighted by atomic mass is 16.5. The number of carbonyl (C=O) groups excluding carboxylic acids is 1. The lowest BCUT2D eigenvalue weighted by molar-refractivity contribution is -0.121. The molecule has 0 atom stereocenters. The summed E-state index contributed by atoms with van der Waals surface area (Å²) in [6.07, 6.45) is 5.80. The summed E-state index contributed by atoms with van der Waals surface area (Å²) in [6, 6.07) is 13.2. The van der Waals surface area contributed by atoms with Gasteiger partial charge in [-0.05, 0) is 35.9 Å². The van der Waals surface area contributed by atoms with Crippen LogP contribution in [0.5, 0.6) is 0 Å². The molecule has 0 bridgehead atoms. The highest BCUT2D eigenvalue weighted by Crippen LogP contribution is 2.16. The fourth-order valence-corrected chi connectivity index (χ4v) is 2.56. The minimum atomic E-state index is -0.0797. The second-order valence-corrected chi connectivity index (χ2v) is 5.88. The SMILES string of the molecule is O=C(CCc1nc(-c2ccco2)no1)NCc1ccc(-n2cccn2)cc1. The minimum Gasteiger partial charge on any atom is -0.461 e. The van der Waals surface area contributed by atoms with Crippen LogP contribution in [0, 0.1) is 0 Å². The molecule has 27 heavy (non-hydrogen) atoms. The Kier molecular flexibility index (Phi) is 4.78. The molecule has 3 aromatic heterocycles. The molecule has 0 spiro atoms. The second kappa shape index (κ2) is 7.69. The Morgan fingerprint density at radius 2 is 2.04 bits per heavy atom. The highest BCUT2D eigenvalue weighted by molar-refractivity contribution is 5.76. The van der Waals surface area contributed by atoms with Gasteiger partial charge in [-0.3, -0.25) is 4.79 Å². The number of hydrogen-bond acceptors (Lipinski definition) is 6. The first-order valence-electron chi connectivity index (χ1n) is 8.50. The number of amides is 1. The number of furan rings is 1. The molecule has 0 radical (unpaired) electrons. The molecule has 0 unspecified atom stereocenters. The fraction of sp³-hybridized carbons (Fsp3) is 0.158. The van der Waals surface area contributed by atoms with Crippen molar-refractivity contribution in [2.45, 2.75) is 19.4 Å². The molecule has 3 heterocycles. The van der Waals surface area contributed by atoms with Crippen molar-refractivity contribution in [2.75, 3.05) is 0 Å². The molecule has 136 valence electrons. The topological polar surface area (TPSA) is 99.0 Å². The van der Waals surface area contributed by atoms with Crippen molar-refractivity contribution in [2.24, 2.45) is 0 Å². The van der Waals surface area contributed by atoms with E-state index in [0.29, 0.717) is 30.4 Å². The molecule has 4 rings (SSSR count). The zero-order valence-corrected chi connectivity index (χ0v) is 14.4. The number of rotatable bonds is 7. The van der Waals surface area contributed by atoms with Crippen LogP contribution in [-0.4, -0.2) is 25.8 Å². The first kappa shape index (κ1) is 16.8. The predicted molar refractivity (Wildman–Crippen MR) is 95.7 cm³/mol. The van der Waals surface area contributed by atoms with Crippen LogP contribution in [0.1, 0.15) is 17.9 Å². The Morgan fingerprint density at radius 1 is 1.15 bits per heavy atom. The van der Waals surface area contributed by atoms with Crippen molar-refractivity contribution in [1.82, 2.24) is 25.2 Å². The van der Waals surface area contributed by atoms with Crippen LogP contribution in [-0.2, 0) is 17.8 Å². The standard InChI is InChI=1S/C19H17N5O3/c25-17(8-9-18-22-19(23-27-18)16-3-1-12-26-16)20-13-14-4-6-15(7-5-14)24-11-2-10-21-24/h1-7,10-12H,8-9,13H2,(H,20,25). The lowest BCUT2D eigenvalue weighted by Gasteiger charge is -2.06. The number of benzene rings is 1. The summed E-state index contributed by atoms with van der Waals surface area (Å²) in [5, 5.41) is 10.9. The fourth-order valence-electron chi connectivity index (χ4n) is 2.56. The average Bonchev–Trinajstić information content (AvgIpc) is 3.47. The van der Waals surface area contributed by atoms with E-state index in [1.807, 2.05) is 36.5 Å². The van der Waals surface area contributed by atoms with Crippen molar-refractivity contribution in [3.63, 3.8) is 0 Å². The summed E-state index contributed by atoms with van der Waals surface area (Å²) < 4.78 is 12.1. The first-order valence-corrected chi connectivity index (χ1v) is 8.50. The van der Waals surface area contributed by atoms with Crippen LogP contribution in [0.15, 0.2) is 70.1 Å². The molecule has 4 aromatic rings. The van der Waals surface area contributed by atoms with E-state index >= 15 is 0 Å². The van der Waals surface area contributed by atoms with Gasteiger partial charge in [0, 0.05) is 31.8 Å². The Labute approximate surface area is 154 Å². The van der Waals surface area contributed by atoms with Gasteiger partial charge in [0.15, 0.2) is 5.76 Å². The van der Waals surface area contributed by atoms with Gasteiger partial charge in [-0.1, -0.05) is 17.3 Å². The van der Waals surface area contributed by atoms with E-state index < -0.39 is 0 Å². The number of carbonyl (C=O) groups is 1. The van der Waals surface area contributed by atoms with Crippen molar-refractivity contribution < 1.29 is 13.7 Å². The predicted octanol–water partition coefficient (Wildman–Crippen LogP) is 2.76. The van der Waals surface area contributed by atoms with Crippen LogP contribution in [0.2, 0.25) is 0 Å². The van der Waals surface area contributed by atoms with E-state index in [4.69, 9.17) is 8.94 Å². The van der Waals surface area contributed by atoms with Gasteiger partial charge in [-0.15, -0.1) is 0 Å². The normalized spacial score (nSPS) is 10.8. The van der Waals surface area contributed by atoms with Crippen LogP contribution < -0.4 is 5.32 Å². The molecular weight excluding hydrogens is 346 g/mol. The van der Waals surface area contributed by atoms with E-state index in [1.165, 1.54) is 0 Å². The van der Waals surface area contributed by atoms with Crippen molar-refractivity contribution in [3.8, 4) is 17.3 Å². The minimum absolute atomic E-state index is 0.0797. The zero-order valence-electron chi connectivity index (χ0n) is 14.4.